The Morgan fingerprint density at radius 2 is 2.44 bits per heavy atom. The van der Waals surface area contributed by atoms with Gasteiger partial charge in [-0.2, -0.15) is 0 Å². The number of aliphatic hydroxyl groups excluding tert-OH is 1. The highest BCUT2D eigenvalue weighted by atomic mass is 16.5. The van der Waals surface area contributed by atoms with Gasteiger partial charge < -0.3 is 15.2 Å². The molecule has 0 aliphatic rings. The molecule has 0 saturated heterocycles. The molecule has 1 rings (SSSR count). The van der Waals surface area contributed by atoms with E-state index in [2.05, 4.69) is 22.1 Å². The van der Waals surface area contributed by atoms with Gasteiger partial charge in [0.1, 0.15) is 12.4 Å². The smallest absolute Gasteiger partial charge is 0.227 e. The Labute approximate surface area is 106 Å². The van der Waals surface area contributed by atoms with Gasteiger partial charge in [-0.05, 0) is 19.1 Å². The lowest BCUT2D eigenvalue weighted by molar-refractivity contribution is -0.117. The van der Waals surface area contributed by atoms with Gasteiger partial charge in [0.15, 0.2) is 0 Å². The fraction of sp³-hybridized carbons (Fsp3) is 0.385. The number of aliphatic hydroxyl groups is 1. The average molecular weight is 248 g/mol. The maximum absolute atomic E-state index is 11.5. The fourth-order valence-electron chi connectivity index (χ4n) is 1.23. The minimum Gasteiger partial charge on any atom is -0.384 e. The van der Waals surface area contributed by atoms with Crippen molar-refractivity contribution >= 4 is 11.7 Å². The van der Waals surface area contributed by atoms with E-state index < -0.39 is 0 Å². The first kappa shape index (κ1) is 14.2. The van der Waals surface area contributed by atoms with E-state index in [9.17, 15) is 4.79 Å². The highest BCUT2D eigenvalue weighted by molar-refractivity contribution is 5.89. The first-order valence-electron chi connectivity index (χ1n) is 5.69. The minimum atomic E-state index is -0.196. The monoisotopic (exact) mass is 248 g/mol. The molecule has 0 aliphatic carbocycles. The molecule has 0 aromatic carbocycles. The van der Waals surface area contributed by atoms with Crippen LogP contribution in [-0.4, -0.2) is 35.8 Å². The van der Waals surface area contributed by atoms with Crippen LogP contribution in [0.1, 0.15) is 18.9 Å². The second-order valence-corrected chi connectivity index (χ2v) is 3.38. The van der Waals surface area contributed by atoms with Crippen molar-refractivity contribution in [1.82, 2.24) is 4.98 Å². The molecular weight excluding hydrogens is 232 g/mol. The summed E-state index contributed by atoms with van der Waals surface area (Å²) < 4.78 is 5.09. The number of nitrogens with one attached hydrogen (secondary N) is 1. The lowest BCUT2D eigenvalue weighted by Crippen LogP contribution is -2.15. The number of hydrogen-bond acceptors (Lipinski definition) is 4. The summed E-state index contributed by atoms with van der Waals surface area (Å²) in [7, 11) is 0. The Hall–Kier alpha value is -1.90. The van der Waals surface area contributed by atoms with Crippen molar-refractivity contribution in [3.05, 3.63) is 23.9 Å². The van der Waals surface area contributed by atoms with Crippen LogP contribution in [0.5, 0.6) is 0 Å². The molecule has 1 heterocycles. The number of carbonyl (C=O) groups is 1. The third-order valence-electron chi connectivity index (χ3n) is 2.02. The van der Waals surface area contributed by atoms with E-state index in [1.165, 1.54) is 0 Å². The minimum absolute atomic E-state index is 0.150. The van der Waals surface area contributed by atoms with E-state index in [0.29, 0.717) is 31.0 Å². The number of amides is 1. The number of pyridine rings is 1. The van der Waals surface area contributed by atoms with Crippen LogP contribution in [0.2, 0.25) is 0 Å². The van der Waals surface area contributed by atoms with Gasteiger partial charge in [-0.1, -0.05) is 11.8 Å². The zero-order valence-electron chi connectivity index (χ0n) is 10.3. The summed E-state index contributed by atoms with van der Waals surface area (Å²) in [6, 6.07) is 3.36. The molecule has 1 amide bonds. The summed E-state index contributed by atoms with van der Waals surface area (Å²) in [6.07, 6.45) is 1.85. The Kier molecular flexibility index (Phi) is 6.47. The van der Waals surface area contributed by atoms with Crippen LogP contribution in [0.3, 0.4) is 0 Å². The van der Waals surface area contributed by atoms with Crippen LogP contribution < -0.4 is 5.32 Å². The van der Waals surface area contributed by atoms with Crippen LogP contribution >= 0.6 is 0 Å². The molecule has 2 N–H and O–H groups in total. The van der Waals surface area contributed by atoms with Crippen molar-refractivity contribution in [3.63, 3.8) is 0 Å². The molecule has 0 radical (unpaired) electrons. The summed E-state index contributed by atoms with van der Waals surface area (Å²) >= 11 is 0. The third-order valence-corrected chi connectivity index (χ3v) is 2.02. The molecule has 0 fully saturated rings. The molecule has 96 valence electrons. The summed E-state index contributed by atoms with van der Waals surface area (Å²) in [4.78, 5) is 15.5. The number of carbonyl (C=O) groups excluding carboxylic acids is 1. The molecular formula is C13H16N2O3. The summed E-state index contributed by atoms with van der Waals surface area (Å²) in [5.74, 6) is 5.57. The number of rotatable bonds is 5. The standard InChI is InChI=1S/C13H16N2O3/c1-2-18-9-6-13(17)15-12-10-11(4-3-8-16)5-7-14-12/h5,7,10,16H,2,6,8-9H2,1H3,(H,14,15,17). The van der Waals surface area contributed by atoms with Crippen LogP contribution in [0.15, 0.2) is 18.3 Å². The van der Waals surface area contributed by atoms with Crippen molar-refractivity contribution in [3.8, 4) is 11.8 Å². The maximum atomic E-state index is 11.5. The number of aromatic nitrogens is 1. The van der Waals surface area contributed by atoms with Gasteiger partial charge in [0, 0.05) is 18.4 Å². The lowest BCUT2D eigenvalue weighted by Gasteiger charge is -2.04. The van der Waals surface area contributed by atoms with E-state index in [1.54, 1.807) is 18.3 Å². The van der Waals surface area contributed by atoms with E-state index >= 15 is 0 Å². The van der Waals surface area contributed by atoms with E-state index in [1.807, 2.05) is 6.92 Å². The van der Waals surface area contributed by atoms with Gasteiger partial charge in [0.05, 0.1) is 13.0 Å². The largest absolute Gasteiger partial charge is 0.384 e. The molecule has 0 spiro atoms. The molecule has 1 aromatic heterocycles. The van der Waals surface area contributed by atoms with Crippen LogP contribution in [0.4, 0.5) is 5.82 Å². The molecule has 18 heavy (non-hydrogen) atoms. The molecule has 5 nitrogen and oxygen atoms in total. The molecule has 0 bridgehead atoms. The molecule has 0 atom stereocenters. The molecule has 0 unspecified atom stereocenters. The summed E-state index contributed by atoms with van der Waals surface area (Å²) in [6.45, 7) is 2.67. The predicted octanol–water partition coefficient (Wildman–Crippen LogP) is 0.790. The quantitative estimate of drug-likeness (QED) is 0.597. The van der Waals surface area contributed by atoms with Crippen LogP contribution in [-0.2, 0) is 9.53 Å². The number of nitrogens with zero attached hydrogens (tertiary/aromatic N) is 1. The SMILES string of the molecule is CCOCCC(=O)Nc1cc(C#CCO)ccn1. The van der Waals surface area contributed by atoms with Crippen molar-refractivity contribution in [1.29, 1.82) is 0 Å². The topological polar surface area (TPSA) is 71.5 Å². The summed E-state index contributed by atoms with van der Waals surface area (Å²) in [5.41, 5.74) is 0.694. The van der Waals surface area contributed by atoms with E-state index in [-0.39, 0.29) is 12.5 Å². The Balaban J connectivity index is 2.53. The normalized spacial score (nSPS) is 9.44. The van der Waals surface area contributed by atoms with Crippen molar-refractivity contribution in [2.75, 3.05) is 25.1 Å². The molecule has 1 aromatic rings. The molecule has 0 saturated carbocycles. The van der Waals surface area contributed by atoms with Gasteiger partial charge in [-0.25, -0.2) is 4.98 Å². The first-order chi connectivity index (χ1) is 8.76. The van der Waals surface area contributed by atoms with Crippen molar-refractivity contribution < 1.29 is 14.6 Å². The van der Waals surface area contributed by atoms with Crippen LogP contribution in [0.25, 0.3) is 0 Å². The highest BCUT2D eigenvalue weighted by Gasteiger charge is 2.03. The zero-order chi connectivity index (χ0) is 13.2. The fourth-order valence-corrected chi connectivity index (χ4v) is 1.23. The summed E-state index contributed by atoms with van der Waals surface area (Å²) in [5, 5.41) is 11.2. The lowest BCUT2D eigenvalue weighted by atomic mass is 10.2. The maximum Gasteiger partial charge on any atom is 0.227 e. The zero-order valence-corrected chi connectivity index (χ0v) is 10.3. The van der Waals surface area contributed by atoms with Crippen molar-refractivity contribution in [2.24, 2.45) is 0 Å². The van der Waals surface area contributed by atoms with E-state index in [0.717, 1.165) is 0 Å². The number of hydrogen-bond donors (Lipinski definition) is 2. The second-order valence-electron chi connectivity index (χ2n) is 3.38. The average Bonchev–Trinajstić information content (AvgIpc) is 2.37. The third kappa shape index (κ3) is 5.43. The van der Waals surface area contributed by atoms with Crippen LogP contribution in [0, 0.1) is 11.8 Å². The molecule has 0 aliphatic heterocycles. The Bertz CT molecular complexity index is 449. The van der Waals surface area contributed by atoms with Crippen molar-refractivity contribution in [2.45, 2.75) is 13.3 Å². The Morgan fingerprint density at radius 3 is 3.17 bits per heavy atom. The second kappa shape index (κ2) is 8.23. The van der Waals surface area contributed by atoms with Gasteiger partial charge in [0.2, 0.25) is 5.91 Å². The van der Waals surface area contributed by atoms with Gasteiger partial charge in [-0.15, -0.1) is 0 Å². The Morgan fingerprint density at radius 1 is 1.61 bits per heavy atom. The predicted molar refractivity (Wildman–Crippen MR) is 67.9 cm³/mol. The number of ether oxygens (including phenoxy) is 1. The van der Waals surface area contributed by atoms with E-state index in [4.69, 9.17) is 9.84 Å². The van der Waals surface area contributed by atoms with Gasteiger partial charge in [0.25, 0.3) is 0 Å². The van der Waals surface area contributed by atoms with Gasteiger partial charge >= 0.3 is 0 Å². The number of anilines is 1. The van der Waals surface area contributed by atoms with Gasteiger partial charge in [-0.3, -0.25) is 4.79 Å². The molecule has 5 heteroatoms. The first-order valence-corrected chi connectivity index (χ1v) is 5.69. The highest BCUT2D eigenvalue weighted by Crippen LogP contribution is 2.06.